The summed E-state index contributed by atoms with van der Waals surface area (Å²) in [4.78, 5) is 14.0. The number of nitrogens with one attached hydrogen (secondary N) is 1. The summed E-state index contributed by atoms with van der Waals surface area (Å²) in [5, 5.41) is 1.83. The van der Waals surface area contributed by atoms with Gasteiger partial charge in [-0.2, -0.15) is 0 Å². The number of aromatic amines is 1. The normalized spacial score (nSPS) is 10.6. The Bertz CT molecular complexity index is 520. The van der Waals surface area contributed by atoms with Crippen molar-refractivity contribution >= 4 is 38.3 Å². The second kappa shape index (κ2) is 3.16. The van der Waals surface area contributed by atoms with Gasteiger partial charge in [0.15, 0.2) is 0 Å². The molecule has 2 rings (SSSR count). The van der Waals surface area contributed by atoms with Gasteiger partial charge in [-0.1, -0.05) is 17.7 Å². The molecule has 0 unspecified atom stereocenters. The van der Waals surface area contributed by atoms with E-state index >= 15 is 0 Å². The average molecular weight is 259 g/mol. The van der Waals surface area contributed by atoms with Crippen LogP contribution in [0.4, 0.5) is 0 Å². The summed E-state index contributed by atoms with van der Waals surface area (Å²) < 4.78 is 0.735. The lowest BCUT2D eigenvalue weighted by Gasteiger charge is -2.00. The zero-order valence-electron chi connectivity index (χ0n) is 6.47. The van der Waals surface area contributed by atoms with E-state index in [2.05, 4.69) is 20.9 Å². The summed E-state index contributed by atoms with van der Waals surface area (Å²) in [6, 6.07) is 5.49. The van der Waals surface area contributed by atoms with E-state index in [0.29, 0.717) is 10.4 Å². The van der Waals surface area contributed by atoms with Crippen LogP contribution in [0.1, 0.15) is 0 Å². The number of hydrogen-bond acceptors (Lipinski definition) is 1. The predicted molar refractivity (Wildman–Crippen MR) is 57.3 cm³/mol. The predicted octanol–water partition coefficient (Wildman–Crippen LogP) is 2.94. The highest BCUT2D eigenvalue weighted by molar-refractivity contribution is 9.10. The van der Waals surface area contributed by atoms with Gasteiger partial charge in [-0.25, -0.2) is 0 Å². The van der Waals surface area contributed by atoms with Crippen molar-refractivity contribution < 1.29 is 0 Å². The highest BCUT2D eigenvalue weighted by atomic mass is 79.9. The molecule has 13 heavy (non-hydrogen) atoms. The summed E-state index contributed by atoms with van der Waals surface area (Å²) >= 11 is 9.23. The molecule has 1 N–H and O–H groups in total. The molecule has 1 heterocycles. The van der Waals surface area contributed by atoms with E-state index in [9.17, 15) is 4.79 Å². The minimum absolute atomic E-state index is 0.163. The third-order valence-electron chi connectivity index (χ3n) is 1.83. The molecule has 66 valence electrons. The van der Waals surface area contributed by atoms with Gasteiger partial charge in [0.05, 0.1) is 10.4 Å². The van der Waals surface area contributed by atoms with E-state index in [4.69, 9.17) is 11.6 Å². The molecule has 0 saturated heterocycles. The van der Waals surface area contributed by atoms with Crippen LogP contribution in [0.2, 0.25) is 5.02 Å². The Morgan fingerprint density at radius 3 is 2.85 bits per heavy atom. The summed E-state index contributed by atoms with van der Waals surface area (Å²) in [7, 11) is 0. The molecule has 0 aliphatic rings. The second-order valence-electron chi connectivity index (χ2n) is 2.63. The molecule has 0 aliphatic carbocycles. The number of fused-ring (bicyclic) bond motifs is 1. The van der Waals surface area contributed by atoms with Gasteiger partial charge in [-0.15, -0.1) is 0 Å². The van der Waals surface area contributed by atoms with Gasteiger partial charge in [-0.05, 0) is 33.4 Å². The first-order valence-electron chi connectivity index (χ1n) is 3.65. The monoisotopic (exact) mass is 257 g/mol. The van der Waals surface area contributed by atoms with Crippen LogP contribution in [0.3, 0.4) is 0 Å². The van der Waals surface area contributed by atoms with Gasteiger partial charge in [0.1, 0.15) is 0 Å². The van der Waals surface area contributed by atoms with Crippen LogP contribution < -0.4 is 5.56 Å². The summed E-state index contributed by atoms with van der Waals surface area (Å²) in [6.45, 7) is 0. The largest absolute Gasteiger partial charge is 0.329 e. The topological polar surface area (TPSA) is 32.9 Å². The fraction of sp³-hybridized carbons (Fsp3) is 0. The SMILES string of the molecule is O=c1[nH]ccc2ccc(Br)c(Cl)c12. The van der Waals surface area contributed by atoms with Crippen molar-refractivity contribution in [2.45, 2.75) is 0 Å². The van der Waals surface area contributed by atoms with E-state index in [1.54, 1.807) is 6.20 Å². The Kier molecular flexibility index (Phi) is 2.14. The molecule has 4 heteroatoms. The average Bonchev–Trinajstić information content (AvgIpc) is 2.12. The van der Waals surface area contributed by atoms with E-state index in [-0.39, 0.29) is 5.56 Å². The van der Waals surface area contributed by atoms with Crippen LogP contribution in [0.15, 0.2) is 33.7 Å². The van der Waals surface area contributed by atoms with Crippen LogP contribution in [0, 0.1) is 0 Å². The number of H-pyrrole nitrogens is 1. The Morgan fingerprint density at radius 2 is 2.08 bits per heavy atom. The molecule has 0 fully saturated rings. The zero-order chi connectivity index (χ0) is 9.42. The number of benzene rings is 1. The first-order chi connectivity index (χ1) is 6.20. The minimum Gasteiger partial charge on any atom is -0.329 e. The maximum Gasteiger partial charge on any atom is 0.257 e. The van der Waals surface area contributed by atoms with Gasteiger partial charge in [-0.3, -0.25) is 4.79 Å². The lowest BCUT2D eigenvalue weighted by molar-refractivity contribution is 1.28. The molecule has 0 spiro atoms. The molecule has 1 aromatic heterocycles. The van der Waals surface area contributed by atoms with Crippen molar-refractivity contribution in [2.24, 2.45) is 0 Å². The highest BCUT2D eigenvalue weighted by Crippen LogP contribution is 2.28. The molecule has 0 aliphatic heterocycles. The van der Waals surface area contributed by atoms with Gasteiger partial charge in [0.25, 0.3) is 5.56 Å². The fourth-order valence-electron chi connectivity index (χ4n) is 1.21. The molecule has 0 saturated carbocycles. The fourth-order valence-corrected chi connectivity index (χ4v) is 1.80. The lowest BCUT2D eigenvalue weighted by Crippen LogP contribution is -2.04. The highest BCUT2D eigenvalue weighted by Gasteiger charge is 2.05. The summed E-state index contributed by atoms with van der Waals surface area (Å²) in [5.74, 6) is 0. The number of halogens is 2. The van der Waals surface area contributed by atoms with E-state index in [1.165, 1.54) is 0 Å². The number of rotatable bonds is 0. The summed E-state index contributed by atoms with van der Waals surface area (Å²) in [6.07, 6.45) is 1.61. The van der Waals surface area contributed by atoms with Crippen molar-refractivity contribution in [3.63, 3.8) is 0 Å². The Morgan fingerprint density at radius 1 is 1.31 bits per heavy atom. The standard InChI is InChI=1S/C9H5BrClNO/c10-6-2-1-5-3-4-12-9(13)7(5)8(6)11/h1-4H,(H,12,13). The molecule has 0 amide bonds. The van der Waals surface area contributed by atoms with Crippen LogP contribution >= 0.6 is 27.5 Å². The summed E-state index contributed by atoms with van der Waals surface area (Å²) in [5.41, 5.74) is -0.163. The van der Waals surface area contributed by atoms with Crippen molar-refractivity contribution in [3.05, 3.63) is 44.2 Å². The quantitative estimate of drug-likeness (QED) is 0.774. The van der Waals surface area contributed by atoms with Crippen LogP contribution in [0.5, 0.6) is 0 Å². The number of hydrogen-bond donors (Lipinski definition) is 1. The van der Waals surface area contributed by atoms with E-state index in [1.807, 2.05) is 18.2 Å². The molecule has 0 bridgehead atoms. The van der Waals surface area contributed by atoms with Crippen LogP contribution in [-0.4, -0.2) is 4.98 Å². The van der Waals surface area contributed by atoms with Crippen molar-refractivity contribution in [3.8, 4) is 0 Å². The molecular weight excluding hydrogens is 253 g/mol. The molecule has 2 nitrogen and oxygen atoms in total. The first-order valence-corrected chi connectivity index (χ1v) is 4.82. The lowest BCUT2D eigenvalue weighted by atomic mass is 10.2. The number of pyridine rings is 1. The maximum atomic E-state index is 11.4. The van der Waals surface area contributed by atoms with E-state index in [0.717, 1.165) is 9.86 Å². The van der Waals surface area contributed by atoms with Crippen molar-refractivity contribution in [1.82, 2.24) is 4.98 Å². The molecule has 2 aromatic rings. The zero-order valence-corrected chi connectivity index (χ0v) is 8.82. The molecule has 0 radical (unpaired) electrons. The first kappa shape index (κ1) is 8.78. The number of aromatic nitrogens is 1. The maximum absolute atomic E-state index is 11.4. The van der Waals surface area contributed by atoms with Crippen LogP contribution in [0.25, 0.3) is 10.8 Å². The molecular formula is C9H5BrClNO. The van der Waals surface area contributed by atoms with Crippen molar-refractivity contribution in [1.29, 1.82) is 0 Å². The van der Waals surface area contributed by atoms with Crippen molar-refractivity contribution in [2.75, 3.05) is 0 Å². The van der Waals surface area contributed by atoms with Crippen LogP contribution in [-0.2, 0) is 0 Å². The molecule has 1 aromatic carbocycles. The smallest absolute Gasteiger partial charge is 0.257 e. The Balaban J connectivity index is 3.06. The van der Waals surface area contributed by atoms with Gasteiger partial charge >= 0.3 is 0 Å². The van der Waals surface area contributed by atoms with E-state index < -0.39 is 0 Å². The Labute approximate surface area is 87.7 Å². The molecule has 0 atom stereocenters. The van der Waals surface area contributed by atoms with Gasteiger partial charge < -0.3 is 4.98 Å². The second-order valence-corrected chi connectivity index (χ2v) is 3.86. The van der Waals surface area contributed by atoms with Gasteiger partial charge in [0, 0.05) is 10.7 Å². The Hall–Kier alpha value is -0.800. The third kappa shape index (κ3) is 1.38. The van der Waals surface area contributed by atoms with Gasteiger partial charge in [0.2, 0.25) is 0 Å². The minimum atomic E-state index is -0.163. The third-order valence-corrected chi connectivity index (χ3v) is 3.11.